The molecule has 2 saturated heterocycles. The third kappa shape index (κ3) is 3.65. The number of hydrogen-bond acceptors (Lipinski definition) is 5. The molecule has 2 aliphatic rings. The van der Waals surface area contributed by atoms with Gasteiger partial charge in [-0.2, -0.15) is 0 Å². The SMILES string of the molecule is CC(C)(C)OC(=O)N1C[C@@H](O)C[C@@H]1C1OC(c2ccccc2)O1. The second-order valence-electron chi connectivity index (χ2n) is 6.97. The van der Waals surface area contributed by atoms with Crippen LogP contribution < -0.4 is 0 Å². The van der Waals surface area contributed by atoms with Crippen LogP contribution in [0.15, 0.2) is 30.3 Å². The van der Waals surface area contributed by atoms with Crippen molar-refractivity contribution in [1.29, 1.82) is 0 Å². The van der Waals surface area contributed by atoms with Gasteiger partial charge in [-0.1, -0.05) is 30.3 Å². The van der Waals surface area contributed by atoms with Crippen LogP contribution in [-0.2, 0) is 14.2 Å². The molecule has 2 fully saturated rings. The molecule has 1 amide bonds. The van der Waals surface area contributed by atoms with Gasteiger partial charge in [0, 0.05) is 12.0 Å². The molecule has 0 aromatic heterocycles. The average Bonchev–Trinajstić information content (AvgIpc) is 2.78. The highest BCUT2D eigenvalue weighted by Gasteiger charge is 2.47. The maximum Gasteiger partial charge on any atom is 0.410 e. The molecule has 0 aliphatic carbocycles. The van der Waals surface area contributed by atoms with Gasteiger partial charge in [-0.05, 0) is 20.8 Å². The van der Waals surface area contributed by atoms with Crippen LogP contribution in [0.4, 0.5) is 4.79 Å². The number of carbonyl (C=O) groups is 1. The Hall–Kier alpha value is -1.63. The van der Waals surface area contributed by atoms with Gasteiger partial charge in [0.1, 0.15) is 5.60 Å². The standard InChI is InChI=1S/C17H23NO5/c1-17(2,3)23-16(20)18-10-12(19)9-13(18)15-21-14(22-15)11-7-5-4-6-8-11/h4-8,12-15,19H,9-10H2,1-3H3/t12-,13+,14?,15?/m0/s1. The fourth-order valence-electron chi connectivity index (χ4n) is 2.83. The lowest BCUT2D eigenvalue weighted by Gasteiger charge is -2.42. The van der Waals surface area contributed by atoms with Crippen LogP contribution in [0.2, 0.25) is 0 Å². The monoisotopic (exact) mass is 321 g/mol. The van der Waals surface area contributed by atoms with E-state index in [1.54, 1.807) is 0 Å². The van der Waals surface area contributed by atoms with Crippen molar-refractivity contribution in [2.45, 2.75) is 57.5 Å². The molecule has 0 radical (unpaired) electrons. The average molecular weight is 321 g/mol. The summed E-state index contributed by atoms with van der Waals surface area (Å²) in [4.78, 5) is 13.8. The number of carbonyl (C=O) groups excluding carboxylic acids is 1. The second kappa shape index (κ2) is 6.11. The molecule has 0 bridgehead atoms. The molecule has 0 spiro atoms. The Kier molecular flexibility index (Phi) is 4.31. The van der Waals surface area contributed by atoms with E-state index in [4.69, 9.17) is 14.2 Å². The van der Waals surface area contributed by atoms with E-state index >= 15 is 0 Å². The fourth-order valence-corrected chi connectivity index (χ4v) is 2.83. The molecule has 6 nitrogen and oxygen atoms in total. The summed E-state index contributed by atoms with van der Waals surface area (Å²) < 4.78 is 17.0. The number of aliphatic hydroxyl groups excluding tert-OH is 1. The zero-order valence-corrected chi connectivity index (χ0v) is 13.6. The van der Waals surface area contributed by atoms with Gasteiger partial charge in [0.05, 0.1) is 18.7 Å². The summed E-state index contributed by atoms with van der Waals surface area (Å²) in [6, 6.07) is 9.28. The number of likely N-dealkylation sites (tertiary alicyclic amines) is 1. The number of rotatable bonds is 2. The Labute approximate surface area is 135 Å². The van der Waals surface area contributed by atoms with E-state index in [1.807, 2.05) is 51.1 Å². The van der Waals surface area contributed by atoms with Crippen LogP contribution in [0.5, 0.6) is 0 Å². The highest BCUT2D eigenvalue weighted by atomic mass is 16.9. The van der Waals surface area contributed by atoms with E-state index in [0.717, 1.165) is 5.56 Å². The molecule has 2 heterocycles. The van der Waals surface area contributed by atoms with Crippen molar-refractivity contribution in [2.24, 2.45) is 0 Å². The van der Waals surface area contributed by atoms with Gasteiger partial charge in [0.25, 0.3) is 0 Å². The lowest BCUT2D eigenvalue weighted by molar-refractivity contribution is -0.402. The molecule has 0 saturated carbocycles. The smallest absolute Gasteiger partial charge is 0.410 e. The van der Waals surface area contributed by atoms with E-state index in [2.05, 4.69) is 0 Å². The zero-order chi connectivity index (χ0) is 16.6. The molecule has 0 unspecified atom stereocenters. The van der Waals surface area contributed by atoms with Crippen LogP contribution in [0.3, 0.4) is 0 Å². The molecule has 1 aromatic carbocycles. The number of ether oxygens (including phenoxy) is 3. The quantitative estimate of drug-likeness (QED) is 0.906. The van der Waals surface area contributed by atoms with Crippen molar-refractivity contribution in [3.8, 4) is 0 Å². The molecule has 3 rings (SSSR count). The summed E-state index contributed by atoms with van der Waals surface area (Å²) in [7, 11) is 0. The number of aliphatic hydroxyl groups is 1. The predicted octanol–water partition coefficient (Wildman–Crippen LogP) is 2.43. The van der Waals surface area contributed by atoms with Crippen LogP contribution in [0.1, 0.15) is 39.0 Å². The lowest BCUT2D eigenvalue weighted by atomic mass is 10.1. The van der Waals surface area contributed by atoms with Gasteiger partial charge < -0.3 is 19.3 Å². The molecule has 2 atom stereocenters. The van der Waals surface area contributed by atoms with Crippen molar-refractivity contribution >= 4 is 6.09 Å². The largest absolute Gasteiger partial charge is 0.444 e. The first-order valence-corrected chi connectivity index (χ1v) is 7.87. The van der Waals surface area contributed by atoms with Gasteiger partial charge in [-0.25, -0.2) is 4.79 Å². The number of hydrogen-bond donors (Lipinski definition) is 1. The first-order chi connectivity index (χ1) is 10.8. The maximum atomic E-state index is 12.3. The minimum Gasteiger partial charge on any atom is -0.444 e. The molecule has 1 N–H and O–H groups in total. The summed E-state index contributed by atoms with van der Waals surface area (Å²) in [6.07, 6.45) is -1.57. The molecular weight excluding hydrogens is 298 g/mol. The summed E-state index contributed by atoms with van der Waals surface area (Å²) >= 11 is 0. The van der Waals surface area contributed by atoms with Gasteiger partial charge in [0.15, 0.2) is 12.6 Å². The summed E-state index contributed by atoms with van der Waals surface area (Å²) in [5, 5.41) is 9.91. The van der Waals surface area contributed by atoms with Gasteiger partial charge in [-0.15, -0.1) is 0 Å². The fraction of sp³-hybridized carbons (Fsp3) is 0.588. The van der Waals surface area contributed by atoms with Crippen LogP contribution in [-0.4, -0.2) is 46.7 Å². The van der Waals surface area contributed by atoms with Crippen LogP contribution >= 0.6 is 0 Å². The zero-order valence-electron chi connectivity index (χ0n) is 13.6. The predicted molar refractivity (Wildman–Crippen MR) is 82.5 cm³/mol. The summed E-state index contributed by atoms with van der Waals surface area (Å²) in [6.45, 7) is 5.68. The number of β-amino-alcohol motifs (C(OH)–C–C–N with tert-alkyl or cyclic N) is 1. The highest BCUT2D eigenvalue weighted by Crippen LogP contribution is 2.38. The second-order valence-corrected chi connectivity index (χ2v) is 6.97. The first-order valence-electron chi connectivity index (χ1n) is 7.87. The molecule has 126 valence electrons. The lowest BCUT2D eigenvalue weighted by Crippen LogP contribution is -2.51. The Morgan fingerprint density at radius 2 is 1.91 bits per heavy atom. The topological polar surface area (TPSA) is 68.2 Å². The first kappa shape index (κ1) is 16.2. The summed E-state index contributed by atoms with van der Waals surface area (Å²) in [5.41, 5.74) is 0.356. The summed E-state index contributed by atoms with van der Waals surface area (Å²) in [5.74, 6) is 0. The van der Waals surface area contributed by atoms with Gasteiger partial charge >= 0.3 is 6.09 Å². The van der Waals surface area contributed by atoms with Crippen LogP contribution in [0, 0.1) is 0 Å². The molecule has 2 aliphatic heterocycles. The van der Waals surface area contributed by atoms with Crippen LogP contribution in [0.25, 0.3) is 0 Å². The van der Waals surface area contributed by atoms with Crippen molar-refractivity contribution < 1.29 is 24.1 Å². The number of nitrogens with zero attached hydrogens (tertiary/aromatic N) is 1. The van der Waals surface area contributed by atoms with E-state index in [9.17, 15) is 9.90 Å². The third-order valence-corrected chi connectivity index (χ3v) is 3.85. The Morgan fingerprint density at radius 1 is 1.26 bits per heavy atom. The van der Waals surface area contributed by atoms with Crippen molar-refractivity contribution in [2.75, 3.05) is 6.54 Å². The number of amides is 1. The van der Waals surface area contributed by atoms with E-state index < -0.39 is 30.4 Å². The molecule has 1 aromatic rings. The van der Waals surface area contributed by atoms with Crippen molar-refractivity contribution in [3.05, 3.63) is 35.9 Å². The Balaban J connectivity index is 1.62. The maximum absolute atomic E-state index is 12.3. The molecular formula is C17H23NO5. The van der Waals surface area contributed by atoms with E-state index in [-0.39, 0.29) is 12.6 Å². The van der Waals surface area contributed by atoms with Gasteiger partial charge in [0.2, 0.25) is 0 Å². The normalized spacial score (nSPS) is 30.9. The molecule has 6 heteroatoms. The van der Waals surface area contributed by atoms with Gasteiger partial charge in [-0.3, -0.25) is 4.90 Å². The Bertz CT molecular complexity index is 550. The highest BCUT2D eigenvalue weighted by molar-refractivity contribution is 5.69. The van der Waals surface area contributed by atoms with E-state index in [1.165, 1.54) is 4.90 Å². The minimum atomic E-state index is -0.588. The van der Waals surface area contributed by atoms with Crippen molar-refractivity contribution in [3.63, 3.8) is 0 Å². The molecule has 23 heavy (non-hydrogen) atoms. The minimum absolute atomic E-state index is 0.235. The third-order valence-electron chi connectivity index (χ3n) is 3.85. The number of benzene rings is 1. The van der Waals surface area contributed by atoms with Crippen molar-refractivity contribution in [1.82, 2.24) is 4.90 Å². The van der Waals surface area contributed by atoms with E-state index in [0.29, 0.717) is 6.42 Å². The Morgan fingerprint density at radius 3 is 2.52 bits per heavy atom.